The molecule has 0 bridgehead atoms. The fourth-order valence-electron chi connectivity index (χ4n) is 1.60. The lowest BCUT2D eigenvalue weighted by molar-refractivity contribution is 0.0528. The predicted molar refractivity (Wildman–Crippen MR) is 83.6 cm³/mol. The molecule has 0 aliphatic rings. The smallest absolute Gasteiger partial charge is 0.407 e. The number of carbonyl (C=O) groups excluding carboxylic acids is 1. The Bertz CT molecular complexity index is 413. The van der Waals surface area contributed by atoms with Crippen LogP contribution in [0.15, 0.2) is 24.3 Å². The monoisotopic (exact) mass is 298 g/mol. The normalized spacial score (nSPS) is 11.0. The van der Waals surface area contributed by atoms with E-state index in [1.807, 2.05) is 45.0 Å². The summed E-state index contributed by atoms with van der Waals surface area (Å²) in [6.45, 7) is 6.85. The van der Waals surface area contributed by atoms with Crippen molar-refractivity contribution in [3.8, 4) is 0 Å². The highest BCUT2D eigenvalue weighted by Crippen LogP contribution is 2.10. The molecule has 1 aromatic rings. The van der Waals surface area contributed by atoms with E-state index in [0.29, 0.717) is 12.4 Å². The molecule has 5 heteroatoms. The third-order valence-corrected chi connectivity index (χ3v) is 2.65. The molecule has 1 aromatic carbocycles. The second-order valence-electron chi connectivity index (χ2n) is 5.49. The number of benzene rings is 1. The first kappa shape index (κ1) is 16.6. The molecular formula is C15H23ClN2O2. The molecule has 0 aromatic heterocycles. The lowest BCUT2D eigenvalue weighted by atomic mass is 10.1. The third kappa shape index (κ3) is 7.24. The number of nitrogens with one attached hydrogen (secondary N) is 2. The van der Waals surface area contributed by atoms with Crippen LogP contribution in [0.5, 0.6) is 0 Å². The fourth-order valence-corrected chi connectivity index (χ4v) is 1.70. The molecule has 112 valence electrons. The van der Waals surface area contributed by atoms with Crippen molar-refractivity contribution >= 4 is 23.4 Å². The van der Waals surface area contributed by atoms with Crippen LogP contribution in [0.4, 0.5) is 10.5 Å². The van der Waals surface area contributed by atoms with E-state index in [1.54, 1.807) is 0 Å². The minimum Gasteiger partial charge on any atom is -0.444 e. The zero-order valence-electron chi connectivity index (χ0n) is 12.3. The van der Waals surface area contributed by atoms with Gasteiger partial charge in [-0.05, 0) is 44.9 Å². The van der Waals surface area contributed by atoms with Crippen LogP contribution in [-0.4, -0.2) is 30.7 Å². The Morgan fingerprint density at radius 1 is 1.20 bits per heavy atom. The largest absolute Gasteiger partial charge is 0.444 e. The Balaban J connectivity index is 2.30. The van der Waals surface area contributed by atoms with Crippen LogP contribution >= 0.6 is 11.6 Å². The molecular weight excluding hydrogens is 276 g/mol. The van der Waals surface area contributed by atoms with Crippen molar-refractivity contribution in [3.63, 3.8) is 0 Å². The van der Waals surface area contributed by atoms with Crippen molar-refractivity contribution in [1.82, 2.24) is 5.32 Å². The van der Waals surface area contributed by atoms with Crippen molar-refractivity contribution < 1.29 is 9.53 Å². The van der Waals surface area contributed by atoms with Crippen molar-refractivity contribution in [3.05, 3.63) is 29.8 Å². The lowest BCUT2D eigenvalue weighted by Crippen LogP contribution is -2.33. The maximum absolute atomic E-state index is 11.5. The first-order valence-electron chi connectivity index (χ1n) is 6.76. The van der Waals surface area contributed by atoms with E-state index < -0.39 is 5.60 Å². The Hall–Kier alpha value is -1.42. The van der Waals surface area contributed by atoms with Gasteiger partial charge in [0, 0.05) is 24.7 Å². The van der Waals surface area contributed by atoms with Crippen LogP contribution in [0.2, 0.25) is 0 Å². The van der Waals surface area contributed by atoms with Crippen molar-refractivity contribution in [2.75, 3.05) is 24.3 Å². The van der Waals surface area contributed by atoms with E-state index in [4.69, 9.17) is 16.3 Å². The lowest BCUT2D eigenvalue weighted by Gasteiger charge is -2.19. The molecule has 1 rings (SSSR count). The average molecular weight is 299 g/mol. The number of amides is 1. The van der Waals surface area contributed by atoms with E-state index in [2.05, 4.69) is 10.6 Å². The van der Waals surface area contributed by atoms with Crippen LogP contribution in [-0.2, 0) is 11.2 Å². The number of ether oxygens (including phenoxy) is 1. The summed E-state index contributed by atoms with van der Waals surface area (Å²) in [7, 11) is 0. The van der Waals surface area contributed by atoms with Crippen LogP contribution in [0.1, 0.15) is 26.3 Å². The van der Waals surface area contributed by atoms with E-state index in [1.165, 1.54) is 0 Å². The van der Waals surface area contributed by atoms with E-state index in [0.717, 1.165) is 24.2 Å². The summed E-state index contributed by atoms with van der Waals surface area (Å²) in [6, 6.07) is 8.09. The first-order valence-corrected chi connectivity index (χ1v) is 7.30. The highest BCUT2D eigenvalue weighted by atomic mass is 35.5. The summed E-state index contributed by atoms with van der Waals surface area (Å²) in [5, 5.41) is 5.94. The quantitative estimate of drug-likeness (QED) is 0.791. The number of rotatable bonds is 6. The molecule has 0 unspecified atom stereocenters. The van der Waals surface area contributed by atoms with Crippen molar-refractivity contribution in [2.45, 2.75) is 32.8 Å². The number of alkyl halides is 1. The van der Waals surface area contributed by atoms with Gasteiger partial charge in [-0.3, -0.25) is 0 Å². The van der Waals surface area contributed by atoms with Crippen molar-refractivity contribution in [2.24, 2.45) is 0 Å². The van der Waals surface area contributed by atoms with Gasteiger partial charge in [-0.1, -0.05) is 12.1 Å². The van der Waals surface area contributed by atoms with Gasteiger partial charge in [-0.15, -0.1) is 11.6 Å². The minimum absolute atomic E-state index is 0.377. The second kappa shape index (κ2) is 8.00. The number of carbonyl (C=O) groups is 1. The summed E-state index contributed by atoms with van der Waals surface area (Å²) >= 11 is 5.61. The van der Waals surface area contributed by atoms with Gasteiger partial charge in [0.15, 0.2) is 0 Å². The highest BCUT2D eigenvalue weighted by Gasteiger charge is 2.15. The summed E-state index contributed by atoms with van der Waals surface area (Å²) < 4.78 is 5.17. The van der Waals surface area contributed by atoms with Crippen LogP contribution in [0.3, 0.4) is 0 Å². The van der Waals surface area contributed by atoms with Gasteiger partial charge in [-0.2, -0.15) is 0 Å². The molecule has 2 N–H and O–H groups in total. The SMILES string of the molecule is CC(C)(C)OC(=O)NCCc1ccc(NCCCl)cc1. The maximum atomic E-state index is 11.5. The Kier molecular flexibility index (Phi) is 6.65. The van der Waals surface area contributed by atoms with E-state index in [-0.39, 0.29) is 6.09 Å². The summed E-state index contributed by atoms with van der Waals surface area (Å²) in [6.07, 6.45) is 0.396. The van der Waals surface area contributed by atoms with Gasteiger partial charge >= 0.3 is 6.09 Å². The molecule has 0 fully saturated rings. The van der Waals surface area contributed by atoms with E-state index in [9.17, 15) is 4.79 Å². The molecule has 0 saturated carbocycles. The van der Waals surface area contributed by atoms with Gasteiger partial charge in [0.25, 0.3) is 0 Å². The number of hydrogen-bond donors (Lipinski definition) is 2. The van der Waals surface area contributed by atoms with Crippen LogP contribution < -0.4 is 10.6 Å². The topological polar surface area (TPSA) is 50.4 Å². The number of alkyl carbamates (subject to hydrolysis) is 1. The van der Waals surface area contributed by atoms with Gasteiger partial charge in [-0.25, -0.2) is 4.79 Å². The Morgan fingerprint density at radius 2 is 1.85 bits per heavy atom. The number of hydrogen-bond acceptors (Lipinski definition) is 3. The van der Waals surface area contributed by atoms with Gasteiger partial charge < -0.3 is 15.4 Å². The zero-order chi connectivity index (χ0) is 15.0. The van der Waals surface area contributed by atoms with Crippen molar-refractivity contribution in [1.29, 1.82) is 0 Å². The van der Waals surface area contributed by atoms with Crippen LogP contribution in [0.25, 0.3) is 0 Å². The third-order valence-electron chi connectivity index (χ3n) is 2.46. The Morgan fingerprint density at radius 3 is 2.40 bits per heavy atom. The van der Waals surface area contributed by atoms with Gasteiger partial charge in [0.1, 0.15) is 5.60 Å². The predicted octanol–water partition coefficient (Wildman–Crippen LogP) is 3.40. The van der Waals surface area contributed by atoms with E-state index >= 15 is 0 Å². The molecule has 0 atom stereocenters. The summed E-state index contributed by atoms with van der Waals surface area (Å²) in [4.78, 5) is 11.5. The molecule has 1 amide bonds. The van der Waals surface area contributed by atoms with Gasteiger partial charge in [0.05, 0.1) is 0 Å². The van der Waals surface area contributed by atoms with Gasteiger partial charge in [0.2, 0.25) is 0 Å². The first-order chi connectivity index (χ1) is 9.40. The molecule has 20 heavy (non-hydrogen) atoms. The minimum atomic E-state index is -0.459. The maximum Gasteiger partial charge on any atom is 0.407 e. The Labute approximate surface area is 125 Å². The standard InChI is InChI=1S/C15H23ClN2O2/c1-15(2,3)20-14(19)18-10-8-12-4-6-13(7-5-12)17-11-9-16/h4-7,17H,8-11H2,1-3H3,(H,18,19). The number of halogens is 1. The molecule has 0 aliphatic heterocycles. The summed E-state index contributed by atoms with van der Waals surface area (Å²) in [5.41, 5.74) is 1.76. The molecule has 4 nitrogen and oxygen atoms in total. The second-order valence-corrected chi connectivity index (χ2v) is 5.87. The molecule has 0 saturated heterocycles. The molecule has 0 aliphatic carbocycles. The zero-order valence-corrected chi connectivity index (χ0v) is 13.1. The molecule has 0 radical (unpaired) electrons. The fraction of sp³-hybridized carbons (Fsp3) is 0.533. The van der Waals surface area contributed by atoms with Crippen LogP contribution in [0, 0.1) is 0 Å². The number of anilines is 1. The molecule has 0 spiro atoms. The average Bonchev–Trinajstić information content (AvgIpc) is 2.35. The molecule has 0 heterocycles. The highest BCUT2D eigenvalue weighted by molar-refractivity contribution is 6.18. The summed E-state index contributed by atoms with van der Waals surface area (Å²) in [5.74, 6) is 0.585.